The van der Waals surface area contributed by atoms with E-state index in [0.29, 0.717) is 6.54 Å². The fraction of sp³-hybridized carbons (Fsp3) is 0.429. The summed E-state index contributed by atoms with van der Waals surface area (Å²) in [6.07, 6.45) is 9.07. The molecular formula is C7H13N. The predicted molar refractivity (Wildman–Crippen MR) is 37.6 cm³/mol. The smallest absolute Gasteiger partial charge is 0.0109 e. The Bertz CT molecular complexity index is 70.4. The molecule has 0 rings (SSSR count). The summed E-state index contributed by atoms with van der Waals surface area (Å²) in [5.74, 6) is 0. The summed E-state index contributed by atoms with van der Waals surface area (Å²) in [4.78, 5) is 0. The van der Waals surface area contributed by atoms with E-state index in [1.807, 2.05) is 18.2 Å². The van der Waals surface area contributed by atoms with Crippen molar-refractivity contribution in [2.45, 2.75) is 13.3 Å². The van der Waals surface area contributed by atoms with E-state index in [2.05, 4.69) is 13.0 Å². The highest BCUT2D eigenvalue weighted by Gasteiger charge is 1.61. The van der Waals surface area contributed by atoms with E-state index >= 15 is 0 Å². The quantitative estimate of drug-likeness (QED) is 0.548. The lowest BCUT2D eigenvalue weighted by molar-refractivity contribution is 1.22. The molecule has 2 N–H and O–H groups in total. The number of nitrogens with two attached hydrogens (primary N) is 1. The Kier molecular flexibility index (Phi) is 5.99. The van der Waals surface area contributed by atoms with Gasteiger partial charge in [0.15, 0.2) is 0 Å². The van der Waals surface area contributed by atoms with E-state index in [1.54, 1.807) is 0 Å². The maximum atomic E-state index is 5.19. The van der Waals surface area contributed by atoms with Crippen LogP contribution in [-0.4, -0.2) is 6.54 Å². The Morgan fingerprint density at radius 2 is 1.88 bits per heavy atom. The van der Waals surface area contributed by atoms with E-state index < -0.39 is 0 Å². The highest BCUT2D eigenvalue weighted by Crippen LogP contribution is 1.79. The third-order valence-electron chi connectivity index (χ3n) is 0.755. The summed E-state index contributed by atoms with van der Waals surface area (Å²) in [6.45, 7) is 2.74. The Balaban J connectivity index is 3.13. The summed E-state index contributed by atoms with van der Waals surface area (Å²) in [7, 11) is 0. The van der Waals surface area contributed by atoms with E-state index in [4.69, 9.17) is 5.73 Å². The van der Waals surface area contributed by atoms with Crippen LogP contribution in [0.25, 0.3) is 0 Å². The number of hydrogen-bond donors (Lipinski definition) is 1. The average molecular weight is 111 g/mol. The minimum Gasteiger partial charge on any atom is -0.327 e. The third-order valence-corrected chi connectivity index (χ3v) is 0.755. The molecule has 0 amide bonds. The lowest BCUT2D eigenvalue weighted by Gasteiger charge is -1.74. The van der Waals surface area contributed by atoms with Crippen molar-refractivity contribution in [2.24, 2.45) is 5.73 Å². The number of allylic oxidation sites excluding steroid dienone is 3. The molecule has 0 aromatic rings. The first-order valence-corrected chi connectivity index (χ1v) is 2.93. The molecule has 0 aromatic carbocycles. The highest BCUT2D eigenvalue weighted by molar-refractivity contribution is 5.02. The normalized spacial score (nSPS) is 11.8. The van der Waals surface area contributed by atoms with Crippen LogP contribution in [0.3, 0.4) is 0 Å². The predicted octanol–water partition coefficient (Wildman–Crippen LogP) is 1.47. The van der Waals surface area contributed by atoms with Crippen LogP contribution in [-0.2, 0) is 0 Å². The van der Waals surface area contributed by atoms with Gasteiger partial charge in [-0.1, -0.05) is 31.2 Å². The van der Waals surface area contributed by atoms with Crippen molar-refractivity contribution in [3.63, 3.8) is 0 Å². The van der Waals surface area contributed by atoms with Gasteiger partial charge in [-0.25, -0.2) is 0 Å². The molecule has 0 bridgehead atoms. The van der Waals surface area contributed by atoms with Crippen molar-refractivity contribution < 1.29 is 0 Å². The monoisotopic (exact) mass is 111 g/mol. The standard InChI is InChI=1S/C7H13N/c1-2-3-4-5-6-7-8/h3-6H,2,7-8H2,1H3. The molecule has 0 heterocycles. The first-order valence-electron chi connectivity index (χ1n) is 2.93. The fourth-order valence-corrected chi connectivity index (χ4v) is 0.372. The second-order valence-corrected chi connectivity index (χ2v) is 1.50. The van der Waals surface area contributed by atoms with Gasteiger partial charge in [0.25, 0.3) is 0 Å². The van der Waals surface area contributed by atoms with Crippen LogP contribution in [0.1, 0.15) is 13.3 Å². The van der Waals surface area contributed by atoms with Gasteiger partial charge in [-0.3, -0.25) is 0 Å². The second kappa shape index (κ2) is 6.44. The van der Waals surface area contributed by atoms with Crippen molar-refractivity contribution >= 4 is 0 Å². The first kappa shape index (κ1) is 7.44. The maximum Gasteiger partial charge on any atom is 0.0109 e. The third kappa shape index (κ3) is 5.44. The van der Waals surface area contributed by atoms with E-state index in [0.717, 1.165) is 6.42 Å². The molecule has 0 aliphatic carbocycles. The highest BCUT2D eigenvalue weighted by atomic mass is 14.5. The SMILES string of the molecule is CCC=CC=CCN. The van der Waals surface area contributed by atoms with Gasteiger partial charge in [0.05, 0.1) is 0 Å². The summed E-state index contributed by atoms with van der Waals surface area (Å²) in [5.41, 5.74) is 5.19. The molecule has 0 saturated heterocycles. The number of rotatable bonds is 3. The average Bonchev–Trinajstić information content (AvgIpc) is 1.81. The largest absolute Gasteiger partial charge is 0.327 e. The van der Waals surface area contributed by atoms with Gasteiger partial charge >= 0.3 is 0 Å². The Labute approximate surface area is 50.9 Å². The van der Waals surface area contributed by atoms with Crippen molar-refractivity contribution in [3.8, 4) is 0 Å². The van der Waals surface area contributed by atoms with Crippen LogP contribution in [0.2, 0.25) is 0 Å². The van der Waals surface area contributed by atoms with Crippen LogP contribution in [0, 0.1) is 0 Å². The summed E-state index contributed by atoms with van der Waals surface area (Å²) < 4.78 is 0. The van der Waals surface area contributed by atoms with Gasteiger partial charge in [-0.05, 0) is 6.42 Å². The van der Waals surface area contributed by atoms with Crippen molar-refractivity contribution in [3.05, 3.63) is 24.3 Å². The van der Waals surface area contributed by atoms with Crippen LogP contribution in [0.4, 0.5) is 0 Å². The molecule has 0 fully saturated rings. The first-order chi connectivity index (χ1) is 3.91. The van der Waals surface area contributed by atoms with Crippen LogP contribution < -0.4 is 5.73 Å². The van der Waals surface area contributed by atoms with E-state index in [1.165, 1.54) is 0 Å². The van der Waals surface area contributed by atoms with Gasteiger partial charge in [0.1, 0.15) is 0 Å². The molecule has 0 aromatic heterocycles. The molecule has 0 unspecified atom stereocenters. The zero-order valence-electron chi connectivity index (χ0n) is 5.30. The Morgan fingerprint density at radius 1 is 1.25 bits per heavy atom. The molecule has 0 aliphatic rings. The zero-order chi connectivity index (χ0) is 6.24. The fourth-order valence-electron chi connectivity index (χ4n) is 0.372. The summed E-state index contributed by atoms with van der Waals surface area (Å²) in [5, 5.41) is 0. The molecule has 0 saturated carbocycles. The molecule has 0 atom stereocenters. The summed E-state index contributed by atoms with van der Waals surface area (Å²) >= 11 is 0. The topological polar surface area (TPSA) is 26.0 Å². The van der Waals surface area contributed by atoms with E-state index in [9.17, 15) is 0 Å². The van der Waals surface area contributed by atoms with Gasteiger partial charge in [-0.2, -0.15) is 0 Å². The molecule has 0 radical (unpaired) electrons. The van der Waals surface area contributed by atoms with Crippen molar-refractivity contribution in [1.29, 1.82) is 0 Å². The Morgan fingerprint density at radius 3 is 2.38 bits per heavy atom. The molecule has 0 spiro atoms. The van der Waals surface area contributed by atoms with Crippen LogP contribution >= 0.6 is 0 Å². The molecule has 46 valence electrons. The zero-order valence-corrected chi connectivity index (χ0v) is 5.30. The lowest BCUT2D eigenvalue weighted by atomic mass is 10.4. The van der Waals surface area contributed by atoms with Gasteiger partial charge in [0, 0.05) is 6.54 Å². The molecule has 8 heavy (non-hydrogen) atoms. The molecular weight excluding hydrogens is 98.1 g/mol. The second-order valence-electron chi connectivity index (χ2n) is 1.50. The summed E-state index contributed by atoms with van der Waals surface area (Å²) in [6, 6.07) is 0. The Hall–Kier alpha value is -0.560. The van der Waals surface area contributed by atoms with Gasteiger partial charge in [-0.15, -0.1) is 0 Å². The van der Waals surface area contributed by atoms with Crippen LogP contribution in [0.15, 0.2) is 24.3 Å². The minimum atomic E-state index is 0.633. The maximum absolute atomic E-state index is 5.19. The molecule has 1 heteroatoms. The van der Waals surface area contributed by atoms with E-state index in [-0.39, 0.29) is 0 Å². The molecule has 1 nitrogen and oxygen atoms in total. The van der Waals surface area contributed by atoms with Crippen LogP contribution in [0.5, 0.6) is 0 Å². The van der Waals surface area contributed by atoms with Crippen molar-refractivity contribution in [2.75, 3.05) is 6.54 Å². The minimum absolute atomic E-state index is 0.633. The van der Waals surface area contributed by atoms with Gasteiger partial charge < -0.3 is 5.73 Å². The lowest BCUT2D eigenvalue weighted by Crippen LogP contribution is -1.91. The molecule has 0 aliphatic heterocycles. The van der Waals surface area contributed by atoms with Crippen molar-refractivity contribution in [1.82, 2.24) is 0 Å². The van der Waals surface area contributed by atoms with Gasteiger partial charge in [0.2, 0.25) is 0 Å². The number of hydrogen-bond acceptors (Lipinski definition) is 1.